The first-order valence-electron chi connectivity index (χ1n) is 11.1. The first-order valence-corrected chi connectivity index (χ1v) is 11.1. The first-order chi connectivity index (χ1) is 14.6. The van der Waals surface area contributed by atoms with Crippen molar-refractivity contribution in [3.8, 4) is 0 Å². The lowest BCUT2D eigenvalue weighted by Crippen LogP contribution is -2.47. The second-order valence-corrected chi connectivity index (χ2v) is 9.77. The molecule has 0 aliphatic heterocycles. The summed E-state index contributed by atoms with van der Waals surface area (Å²) in [5.74, 6) is 2.57. The predicted molar refractivity (Wildman–Crippen MR) is 116 cm³/mol. The Hall–Kier alpha value is -2.69. The van der Waals surface area contributed by atoms with E-state index in [1.165, 1.54) is 38.5 Å². The van der Waals surface area contributed by atoms with Gasteiger partial charge in [0.25, 0.3) is 5.91 Å². The number of pyridine rings is 1. The second kappa shape index (κ2) is 7.86. The summed E-state index contributed by atoms with van der Waals surface area (Å²) in [7, 11) is 0. The molecule has 0 saturated heterocycles. The molecular formula is C25H29N3O2. The summed E-state index contributed by atoms with van der Waals surface area (Å²) in [6, 6.07) is 11.1. The van der Waals surface area contributed by atoms with Crippen molar-refractivity contribution in [1.82, 2.24) is 10.3 Å². The molecule has 156 valence electrons. The van der Waals surface area contributed by atoms with E-state index in [-0.39, 0.29) is 17.2 Å². The minimum atomic E-state index is -0.189. The highest BCUT2D eigenvalue weighted by Crippen LogP contribution is 2.61. The number of carbonyl (C=O) groups excluding carboxylic acids is 2. The zero-order chi connectivity index (χ0) is 20.6. The Morgan fingerprint density at radius 3 is 2.40 bits per heavy atom. The highest BCUT2D eigenvalue weighted by molar-refractivity contribution is 6.04. The summed E-state index contributed by atoms with van der Waals surface area (Å²) < 4.78 is 0. The normalized spacial score (nSPS) is 28.9. The molecule has 30 heavy (non-hydrogen) atoms. The van der Waals surface area contributed by atoms with Crippen LogP contribution in [0.1, 0.15) is 60.9 Å². The third kappa shape index (κ3) is 4.11. The Morgan fingerprint density at radius 1 is 1.00 bits per heavy atom. The number of hydrogen-bond donors (Lipinski definition) is 2. The molecule has 0 atom stereocenters. The van der Waals surface area contributed by atoms with Gasteiger partial charge in [-0.1, -0.05) is 12.1 Å². The lowest BCUT2D eigenvalue weighted by Gasteiger charge is -2.56. The molecule has 1 aromatic carbocycles. The molecule has 0 spiro atoms. The van der Waals surface area contributed by atoms with Crippen molar-refractivity contribution in [3.63, 3.8) is 0 Å². The summed E-state index contributed by atoms with van der Waals surface area (Å²) in [5.41, 5.74) is 2.49. The monoisotopic (exact) mass is 403 g/mol. The van der Waals surface area contributed by atoms with Gasteiger partial charge in [0.1, 0.15) is 0 Å². The number of carbonyl (C=O) groups is 2. The van der Waals surface area contributed by atoms with Gasteiger partial charge in [-0.3, -0.25) is 14.6 Å². The van der Waals surface area contributed by atoms with E-state index in [1.807, 2.05) is 24.3 Å². The van der Waals surface area contributed by atoms with Crippen LogP contribution in [0.15, 0.2) is 48.8 Å². The van der Waals surface area contributed by atoms with Crippen molar-refractivity contribution >= 4 is 17.5 Å². The largest absolute Gasteiger partial charge is 0.352 e. The van der Waals surface area contributed by atoms with Crippen LogP contribution in [0.4, 0.5) is 5.69 Å². The van der Waals surface area contributed by atoms with Crippen molar-refractivity contribution in [1.29, 1.82) is 0 Å². The summed E-state index contributed by atoms with van der Waals surface area (Å²) in [6.45, 7) is 0.488. The lowest BCUT2D eigenvalue weighted by atomic mass is 9.49. The molecule has 4 aliphatic rings. The van der Waals surface area contributed by atoms with Gasteiger partial charge in [-0.25, -0.2) is 0 Å². The number of nitrogens with zero attached hydrogens (tertiary/aromatic N) is 1. The maximum atomic E-state index is 12.8. The highest BCUT2D eigenvalue weighted by atomic mass is 16.2. The van der Waals surface area contributed by atoms with E-state index in [0.29, 0.717) is 18.5 Å². The minimum Gasteiger partial charge on any atom is -0.352 e. The van der Waals surface area contributed by atoms with Gasteiger partial charge in [0.2, 0.25) is 5.91 Å². The smallest absolute Gasteiger partial charge is 0.257 e. The van der Waals surface area contributed by atoms with Crippen molar-refractivity contribution in [3.05, 3.63) is 59.9 Å². The van der Waals surface area contributed by atoms with E-state index in [9.17, 15) is 9.59 Å². The number of anilines is 1. The van der Waals surface area contributed by atoms with Crippen LogP contribution < -0.4 is 10.6 Å². The van der Waals surface area contributed by atoms with Gasteiger partial charge in [0.15, 0.2) is 0 Å². The van der Waals surface area contributed by atoms with Gasteiger partial charge < -0.3 is 10.6 Å². The molecule has 0 radical (unpaired) electrons. The Bertz CT molecular complexity index is 905. The molecule has 4 saturated carbocycles. The number of hydrogen-bond acceptors (Lipinski definition) is 3. The molecule has 2 N–H and O–H groups in total. The first kappa shape index (κ1) is 19.3. The molecule has 5 nitrogen and oxygen atoms in total. The summed E-state index contributed by atoms with van der Waals surface area (Å²) in [6.07, 6.45) is 11.8. The van der Waals surface area contributed by atoms with E-state index in [2.05, 4.69) is 15.6 Å². The molecule has 4 bridgehead atoms. The van der Waals surface area contributed by atoms with Crippen LogP contribution in [0, 0.1) is 23.2 Å². The van der Waals surface area contributed by atoms with E-state index >= 15 is 0 Å². The number of nitrogens with one attached hydrogen (secondary N) is 2. The fourth-order valence-electron chi connectivity index (χ4n) is 6.57. The van der Waals surface area contributed by atoms with Gasteiger partial charge in [0.05, 0.1) is 5.56 Å². The Morgan fingerprint density at radius 2 is 1.73 bits per heavy atom. The average molecular weight is 404 g/mol. The van der Waals surface area contributed by atoms with E-state index in [1.54, 1.807) is 24.5 Å². The molecular weight excluding hydrogens is 374 g/mol. The number of amides is 2. The zero-order valence-electron chi connectivity index (χ0n) is 17.3. The highest BCUT2D eigenvalue weighted by Gasteiger charge is 2.51. The van der Waals surface area contributed by atoms with Gasteiger partial charge in [-0.15, -0.1) is 0 Å². The van der Waals surface area contributed by atoms with Crippen LogP contribution in [0.3, 0.4) is 0 Å². The average Bonchev–Trinajstić information content (AvgIpc) is 2.72. The summed E-state index contributed by atoms with van der Waals surface area (Å²) >= 11 is 0. The second-order valence-electron chi connectivity index (χ2n) is 9.77. The van der Waals surface area contributed by atoms with Crippen LogP contribution in [-0.2, 0) is 11.3 Å². The van der Waals surface area contributed by atoms with Crippen molar-refractivity contribution < 1.29 is 9.59 Å². The van der Waals surface area contributed by atoms with Crippen molar-refractivity contribution in [2.45, 2.75) is 51.5 Å². The van der Waals surface area contributed by atoms with Crippen LogP contribution in [0.5, 0.6) is 0 Å². The fourth-order valence-corrected chi connectivity index (χ4v) is 6.57. The van der Waals surface area contributed by atoms with Crippen LogP contribution in [0.25, 0.3) is 0 Å². The van der Waals surface area contributed by atoms with E-state index in [0.717, 1.165) is 29.0 Å². The molecule has 4 aliphatic carbocycles. The fraction of sp³-hybridized carbons (Fsp3) is 0.480. The molecule has 5 heteroatoms. The lowest BCUT2D eigenvalue weighted by molar-refractivity contribution is -0.129. The SMILES string of the molecule is O=C(CC12CC3CC(CC(C3)C1)C2)NCc1cccc(NC(=O)c2cccnc2)c1. The third-order valence-corrected chi connectivity index (χ3v) is 7.30. The predicted octanol–water partition coefficient (Wildman–Crippen LogP) is 4.56. The van der Waals surface area contributed by atoms with E-state index in [4.69, 9.17) is 0 Å². The molecule has 2 amide bonds. The van der Waals surface area contributed by atoms with Gasteiger partial charge in [0, 0.05) is 31.0 Å². The number of aromatic nitrogens is 1. The summed E-state index contributed by atoms with van der Waals surface area (Å²) in [4.78, 5) is 29.1. The van der Waals surface area contributed by atoms with Gasteiger partial charge in [-0.2, -0.15) is 0 Å². The van der Waals surface area contributed by atoms with Crippen molar-refractivity contribution in [2.75, 3.05) is 5.32 Å². The van der Waals surface area contributed by atoms with Gasteiger partial charge in [-0.05, 0) is 91.5 Å². The quantitative estimate of drug-likeness (QED) is 0.743. The van der Waals surface area contributed by atoms with Crippen LogP contribution >= 0.6 is 0 Å². The van der Waals surface area contributed by atoms with Crippen LogP contribution in [-0.4, -0.2) is 16.8 Å². The minimum absolute atomic E-state index is 0.168. The van der Waals surface area contributed by atoms with Crippen LogP contribution in [0.2, 0.25) is 0 Å². The summed E-state index contributed by atoms with van der Waals surface area (Å²) in [5, 5.41) is 6.02. The zero-order valence-corrected chi connectivity index (χ0v) is 17.3. The molecule has 1 aromatic heterocycles. The Balaban J connectivity index is 1.16. The van der Waals surface area contributed by atoms with Crippen molar-refractivity contribution in [2.24, 2.45) is 23.2 Å². The maximum Gasteiger partial charge on any atom is 0.257 e. The third-order valence-electron chi connectivity index (χ3n) is 7.30. The molecule has 0 unspecified atom stereocenters. The molecule has 2 aromatic rings. The number of benzene rings is 1. The molecule has 1 heterocycles. The molecule has 4 fully saturated rings. The maximum absolute atomic E-state index is 12.8. The molecule has 6 rings (SSSR count). The standard InChI is InChI=1S/C25H29N3O2/c29-23(14-25-11-18-7-19(12-25)9-20(8-18)13-25)27-15-17-3-1-5-22(10-17)28-24(30)21-4-2-6-26-16-21/h1-6,10,16,18-20H,7-9,11-15H2,(H,27,29)(H,28,30). The van der Waals surface area contributed by atoms with E-state index < -0.39 is 0 Å². The van der Waals surface area contributed by atoms with Gasteiger partial charge >= 0.3 is 0 Å². The Kier molecular flexibility index (Phi) is 5.05. The number of rotatable bonds is 6. The Labute approximate surface area is 177 Å². The topological polar surface area (TPSA) is 71.1 Å².